The predicted molar refractivity (Wildman–Crippen MR) is 63.7 cm³/mol. The molecule has 2 aromatic rings. The predicted octanol–water partition coefficient (Wildman–Crippen LogP) is 0.604. The molecule has 2 rings (SSSR count). The van der Waals surface area contributed by atoms with E-state index < -0.39 is 0 Å². The van der Waals surface area contributed by atoms with Crippen molar-refractivity contribution in [2.24, 2.45) is 0 Å². The number of H-pyrrole nitrogens is 1. The van der Waals surface area contributed by atoms with Gasteiger partial charge in [0.2, 0.25) is 0 Å². The van der Waals surface area contributed by atoms with Gasteiger partial charge in [0.05, 0.1) is 0 Å². The van der Waals surface area contributed by atoms with Crippen LogP contribution in [0.2, 0.25) is 0 Å². The van der Waals surface area contributed by atoms with Crippen molar-refractivity contribution in [1.82, 2.24) is 10.2 Å². The molecule has 0 fully saturated rings. The number of rotatable bonds is 2. The molecule has 86 valence electrons. The second-order valence-electron chi connectivity index (χ2n) is 3.39. The number of nitrogens with zero attached hydrogens (tertiary/aromatic N) is 1. The average Bonchev–Trinajstić information content (AvgIpc) is 2.32. The minimum Gasteiger partial charge on any atom is -0.399 e. The summed E-state index contributed by atoms with van der Waals surface area (Å²) in [7, 11) is 0. The molecule has 0 saturated heterocycles. The summed E-state index contributed by atoms with van der Waals surface area (Å²) in [5, 5.41) is 8.43. The number of carbonyl (C=O) groups excluding carboxylic acids is 1. The van der Waals surface area contributed by atoms with Gasteiger partial charge in [0.25, 0.3) is 11.5 Å². The van der Waals surface area contributed by atoms with Crippen LogP contribution in [0.5, 0.6) is 0 Å². The van der Waals surface area contributed by atoms with Gasteiger partial charge in [0.1, 0.15) is 0 Å². The molecule has 0 aliphatic rings. The maximum Gasteiger partial charge on any atom is 0.264 e. The normalized spacial score (nSPS) is 9.88. The Bertz CT molecular complexity index is 586. The van der Waals surface area contributed by atoms with Gasteiger partial charge in [-0.2, -0.15) is 5.10 Å². The third-order valence-electron chi connectivity index (χ3n) is 2.07. The van der Waals surface area contributed by atoms with Crippen molar-refractivity contribution in [2.75, 3.05) is 11.1 Å². The standard InChI is InChI=1S/C11H10N4O2/c12-8-3-1-2-7(6-8)11(17)13-9-4-5-10(16)15-14-9/h1-6H,12H2,(H,15,16)(H,13,14,17). The molecule has 0 radical (unpaired) electrons. The molecule has 0 saturated carbocycles. The van der Waals surface area contributed by atoms with Crippen LogP contribution in [0.3, 0.4) is 0 Å². The quantitative estimate of drug-likeness (QED) is 0.657. The maximum absolute atomic E-state index is 11.8. The van der Waals surface area contributed by atoms with Crippen molar-refractivity contribution < 1.29 is 4.79 Å². The number of aromatic amines is 1. The molecule has 0 atom stereocenters. The van der Waals surface area contributed by atoms with Gasteiger partial charge in [-0.15, -0.1) is 0 Å². The molecule has 0 aliphatic heterocycles. The van der Waals surface area contributed by atoms with E-state index in [-0.39, 0.29) is 17.3 Å². The van der Waals surface area contributed by atoms with E-state index in [4.69, 9.17) is 5.73 Å². The highest BCUT2D eigenvalue weighted by Crippen LogP contribution is 2.08. The first-order valence-electron chi connectivity index (χ1n) is 4.88. The van der Waals surface area contributed by atoms with Crippen molar-refractivity contribution in [3.8, 4) is 0 Å². The van der Waals surface area contributed by atoms with Crippen molar-refractivity contribution in [3.63, 3.8) is 0 Å². The van der Waals surface area contributed by atoms with Crippen LogP contribution in [0.1, 0.15) is 10.4 Å². The number of benzene rings is 1. The van der Waals surface area contributed by atoms with Crippen molar-refractivity contribution >= 4 is 17.4 Å². The highest BCUT2D eigenvalue weighted by molar-refractivity contribution is 6.04. The van der Waals surface area contributed by atoms with Crippen LogP contribution in [0, 0.1) is 0 Å². The summed E-state index contributed by atoms with van der Waals surface area (Å²) >= 11 is 0. The zero-order valence-electron chi connectivity index (χ0n) is 8.81. The lowest BCUT2D eigenvalue weighted by molar-refractivity contribution is 0.102. The molecule has 1 heterocycles. The van der Waals surface area contributed by atoms with Gasteiger partial charge in [0.15, 0.2) is 5.82 Å². The molecule has 0 unspecified atom stereocenters. The fourth-order valence-electron chi connectivity index (χ4n) is 1.28. The highest BCUT2D eigenvalue weighted by Gasteiger charge is 2.06. The number of hydrogen-bond acceptors (Lipinski definition) is 4. The molecule has 1 aromatic heterocycles. The number of nitrogens with one attached hydrogen (secondary N) is 2. The van der Waals surface area contributed by atoms with Gasteiger partial charge >= 0.3 is 0 Å². The summed E-state index contributed by atoms with van der Waals surface area (Å²) in [5.74, 6) is -0.0612. The summed E-state index contributed by atoms with van der Waals surface area (Å²) in [6.07, 6.45) is 0. The van der Waals surface area contributed by atoms with Gasteiger partial charge in [-0.1, -0.05) is 6.07 Å². The lowest BCUT2D eigenvalue weighted by atomic mass is 10.2. The van der Waals surface area contributed by atoms with Crippen LogP contribution in [0.4, 0.5) is 11.5 Å². The van der Waals surface area contributed by atoms with E-state index in [0.717, 1.165) is 0 Å². The molecular weight excluding hydrogens is 220 g/mol. The molecule has 6 heteroatoms. The smallest absolute Gasteiger partial charge is 0.264 e. The van der Waals surface area contributed by atoms with Crippen molar-refractivity contribution in [1.29, 1.82) is 0 Å². The second-order valence-corrected chi connectivity index (χ2v) is 3.39. The van der Waals surface area contributed by atoms with E-state index in [2.05, 4.69) is 15.5 Å². The first-order valence-corrected chi connectivity index (χ1v) is 4.88. The Kier molecular flexibility index (Phi) is 2.87. The van der Waals surface area contributed by atoms with Crippen LogP contribution >= 0.6 is 0 Å². The third kappa shape index (κ3) is 2.69. The molecule has 4 N–H and O–H groups in total. The summed E-state index contributed by atoms with van der Waals surface area (Å²) in [6.45, 7) is 0. The van der Waals surface area contributed by atoms with Crippen LogP contribution in [-0.2, 0) is 0 Å². The second kappa shape index (κ2) is 4.48. The van der Waals surface area contributed by atoms with Gasteiger partial charge in [-0.05, 0) is 24.3 Å². The topological polar surface area (TPSA) is 101 Å². The fraction of sp³-hybridized carbons (Fsp3) is 0. The summed E-state index contributed by atoms with van der Waals surface area (Å²) in [5.41, 5.74) is 6.17. The zero-order chi connectivity index (χ0) is 12.3. The number of amides is 1. The Morgan fingerprint density at radius 2 is 2.12 bits per heavy atom. The molecule has 6 nitrogen and oxygen atoms in total. The summed E-state index contributed by atoms with van der Waals surface area (Å²) in [4.78, 5) is 22.5. The van der Waals surface area contributed by atoms with Crippen LogP contribution in [0.15, 0.2) is 41.2 Å². The van der Waals surface area contributed by atoms with Crippen LogP contribution in [-0.4, -0.2) is 16.1 Å². The van der Waals surface area contributed by atoms with Crippen LogP contribution in [0.25, 0.3) is 0 Å². The molecule has 0 bridgehead atoms. The van der Waals surface area contributed by atoms with E-state index in [9.17, 15) is 9.59 Å². The van der Waals surface area contributed by atoms with E-state index in [0.29, 0.717) is 11.3 Å². The fourth-order valence-corrected chi connectivity index (χ4v) is 1.28. The Morgan fingerprint density at radius 1 is 1.29 bits per heavy atom. The SMILES string of the molecule is Nc1cccc(C(=O)Nc2ccc(=O)[nH]n2)c1. The summed E-state index contributed by atoms with van der Waals surface area (Å²) < 4.78 is 0. The number of carbonyl (C=O) groups is 1. The molecule has 17 heavy (non-hydrogen) atoms. The van der Waals surface area contributed by atoms with Gasteiger partial charge in [-0.25, -0.2) is 5.10 Å². The lowest BCUT2D eigenvalue weighted by Crippen LogP contribution is -2.15. The van der Waals surface area contributed by atoms with Gasteiger partial charge in [-0.3, -0.25) is 9.59 Å². The van der Waals surface area contributed by atoms with Crippen LogP contribution < -0.4 is 16.6 Å². The number of aromatic nitrogens is 2. The lowest BCUT2D eigenvalue weighted by Gasteiger charge is -2.03. The monoisotopic (exact) mass is 230 g/mol. The largest absolute Gasteiger partial charge is 0.399 e. The van der Waals surface area contributed by atoms with E-state index >= 15 is 0 Å². The Balaban J connectivity index is 2.17. The average molecular weight is 230 g/mol. The Labute approximate surface area is 96.5 Å². The minimum absolute atomic E-state index is 0.275. The highest BCUT2D eigenvalue weighted by atomic mass is 16.2. The number of nitrogens with two attached hydrogens (primary N) is 1. The number of nitrogen functional groups attached to an aromatic ring is 1. The number of hydrogen-bond donors (Lipinski definition) is 3. The molecule has 1 aromatic carbocycles. The minimum atomic E-state index is -0.336. The Hall–Kier alpha value is -2.63. The Morgan fingerprint density at radius 3 is 2.76 bits per heavy atom. The van der Waals surface area contributed by atoms with E-state index in [1.165, 1.54) is 12.1 Å². The van der Waals surface area contributed by atoms with Crippen molar-refractivity contribution in [2.45, 2.75) is 0 Å². The third-order valence-corrected chi connectivity index (χ3v) is 2.07. The first kappa shape index (κ1) is 10.9. The molecule has 0 spiro atoms. The van der Waals surface area contributed by atoms with E-state index in [1.807, 2.05) is 0 Å². The van der Waals surface area contributed by atoms with Gasteiger partial charge in [0, 0.05) is 17.3 Å². The van der Waals surface area contributed by atoms with Gasteiger partial charge < -0.3 is 11.1 Å². The summed E-state index contributed by atoms with van der Waals surface area (Å²) in [6, 6.07) is 9.27. The first-order chi connectivity index (χ1) is 8.15. The maximum atomic E-state index is 11.8. The molecular formula is C11H10N4O2. The van der Waals surface area contributed by atoms with E-state index in [1.54, 1.807) is 24.3 Å². The zero-order valence-corrected chi connectivity index (χ0v) is 8.81. The molecule has 1 amide bonds. The molecule has 0 aliphatic carbocycles. The number of anilines is 2. The van der Waals surface area contributed by atoms with Crippen molar-refractivity contribution in [3.05, 3.63) is 52.3 Å².